The first-order chi connectivity index (χ1) is 11.4. The average Bonchev–Trinajstić information content (AvgIpc) is 2.57. The van der Waals surface area contributed by atoms with Crippen molar-refractivity contribution in [3.8, 4) is 0 Å². The van der Waals surface area contributed by atoms with Gasteiger partial charge in [0.1, 0.15) is 0 Å². The minimum atomic E-state index is 0.276. The molecule has 0 saturated carbocycles. The molecular weight excluding hydrogens is 326 g/mol. The molecular formula is C22H26P2. The molecule has 3 aromatic rings. The molecule has 1 unspecified atom stereocenters. The highest BCUT2D eigenvalue weighted by Crippen LogP contribution is 2.20. The summed E-state index contributed by atoms with van der Waals surface area (Å²) < 4.78 is 0. The summed E-state index contributed by atoms with van der Waals surface area (Å²) in [6.45, 7) is 6.68. The highest BCUT2D eigenvalue weighted by atomic mass is 31.1. The van der Waals surface area contributed by atoms with Crippen molar-refractivity contribution in [2.45, 2.75) is 26.2 Å². The highest BCUT2D eigenvalue weighted by Gasteiger charge is 2.11. The van der Waals surface area contributed by atoms with Crippen LogP contribution in [0.1, 0.15) is 26.3 Å². The minimum absolute atomic E-state index is 0.276. The van der Waals surface area contributed by atoms with Crippen LogP contribution < -0.4 is 15.9 Å². The second-order valence-corrected chi connectivity index (χ2v) is 8.80. The fraction of sp³-hybridized carbons (Fsp3) is 0.182. The monoisotopic (exact) mass is 352 g/mol. The summed E-state index contributed by atoms with van der Waals surface area (Å²) >= 11 is 0. The van der Waals surface area contributed by atoms with Gasteiger partial charge in [0.2, 0.25) is 0 Å². The Kier molecular flexibility index (Phi) is 7.16. The van der Waals surface area contributed by atoms with Crippen LogP contribution in [0.15, 0.2) is 84.9 Å². The van der Waals surface area contributed by atoms with Gasteiger partial charge in [-0.1, -0.05) is 114 Å². The Labute approximate surface area is 150 Å². The van der Waals surface area contributed by atoms with E-state index in [1.165, 1.54) is 21.5 Å². The third-order valence-electron chi connectivity index (χ3n) is 3.61. The van der Waals surface area contributed by atoms with Crippen LogP contribution in [0, 0.1) is 0 Å². The molecule has 0 aliphatic heterocycles. The van der Waals surface area contributed by atoms with Gasteiger partial charge in [0.15, 0.2) is 0 Å². The van der Waals surface area contributed by atoms with E-state index in [9.17, 15) is 0 Å². The van der Waals surface area contributed by atoms with Crippen molar-refractivity contribution in [3.05, 3.63) is 90.5 Å². The van der Waals surface area contributed by atoms with Gasteiger partial charge in [0.25, 0.3) is 0 Å². The van der Waals surface area contributed by atoms with Crippen LogP contribution in [0.4, 0.5) is 0 Å². The van der Waals surface area contributed by atoms with Crippen molar-refractivity contribution in [1.29, 1.82) is 0 Å². The largest absolute Gasteiger partial charge is 0.106 e. The molecule has 0 saturated heterocycles. The lowest BCUT2D eigenvalue weighted by Gasteiger charge is -2.18. The number of rotatable bonds is 2. The van der Waals surface area contributed by atoms with Crippen molar-refractivity contribution in [1.82, 2.24) is 0 Å². The molecule has 0 aliphatic rings. The molecule has 0 fully saturated rings. The van der Waals surface area contributed by atoms with Crippen LogP contribution >= 0.6 is 17.8 Å². The van der Waals surface area contributed by atoms with Gasteiger partial charge in [-0.2, -0.15) is 0 Å². The maximum Gasteiger partial charge on any atom is -0.0132 e. The molecule has 0 aliphatic carbocycles. The number of hydrogen-bond donors (Lipinski definition) is 0. The topological polar surface area (TPSA) is 0 Å². The Bertz CT molecular complexity index is 674. The SMILES string of the molecule is CC(C)(C)c1ccc(P)cc1.c1ccc(Pc2ccccc2)cc1. The predicted octanol–water partition coefficient (Wildman–Crippen LogP) is 4.80. The molecule has 0 N–H and O–H groups in total. The third kappa shape index (κ3) is 6.56. The smallest absolute Gasteiger partial charge is 0.0132 e. The quantitative estimate of drug-likeness (QED) is 0.581. The van der Waals surface area contributed by atoms with E-state index in [2.05, 4.69) is 115 Å². The maximum absolute atomic E-state index is 2.69. The average molecular weight is 352 g/mol. The second kappa shape index (κ2) is 9.12. The van der Waals surface area contributed by atoms with Crippen molar-refractivity contribution in [2.24, 2.45) is 0 Å². The van der Waals surface area contributed by atoms with E-state index < -0.39 is 0 Å². The van der Waals surface area contributed by atoms with Crippen molar-refractivity contribution in [3.63, 3.8) is 0 Å². The zero-order chi connectivity index (χ0) is 17.4. The van der Waals surface area contributed by atoms with E-state index in [1.54, 1.807) is 0 Å². The van der Waals surface area contributed by atoms with Gasteiger partial charge < -0.3 is 0 Å². The fourth-order valence-electron chi connectivity index (χ4n) is 2.19. The number of benzene rings is 3. The fourth-order valence-corrected chi connectivity index (χ4v) is 3.44. The van der Waals surface area contributed by atoms with Gasteiger partial charge in [-0.15, -0.1) is 9.24 Å². The van der Waals surface area contributed by atoms with E-state index >= 15 is 0 Å². The summed E-state index contributed by atoms with van der Waals surface area (Å²) in [7, 11) is 3.47. The summed E-state index contributed by atoms with van der Waals surface area (Å²) in [4.78, 5) is 0. The second-order valence-electron chi connectivity index (χ2n) is 6.73. The van der Waals surface area contributed by atoms with Crippen molar-refractivity contribution in [2.75, 3.05) is 0 Å². The van der Waals surface area contributed by atoms with Crippen LogP contribution in [-0.2, 0) is 5.41 Å². The Morgan fingerprint density at radius 2 is 1.04 bits per heavy atom. The van der Waals surface area contributed by atoms with Crippen LogP contribution in [0.3, 0.4) is 0 Å². The predicted molar refractivity (Wildman–Crippen MR) is 115 cm³/mol. The lowest BCUT2D eigenvalue weighted by atomic mass is 9.87. The molecule has 3 aromatic carbocycles. The van der Waals surface area contributed by atoms with Crippen LogP contribution in [-0.4, -0.2) is 0 Å². The van der Waals surface area contributed by atoms with Gasteiger partial charge in [-0.05, 0) is 26.9 Å². The zero-order valence-electron chi connectivity index (χ0n) is 14.7. The van der Waals surface area contributed by atoms with Gasteiger partial charge in [-0.3, -0.25) is 0 Å². The molecule has 0 radical (unpaired) electrons. The summed E-state index contributed by atoms with van der Waals surface area (Å²) in [5.74, 6) is 0. The van der Waals surface area contributed by atoms with E-state index in [-0.39, 0.29) is 5.41 Å². The Hall–Kier alpha value is -1.48. The Morgan fingerprint density at radius 3 is 1.42 bits per heavy atom. The first-order valence-corrected chi connectivity index (χ1v) is 9.76. The summed E-state index contributed by atoms with van der Waals surface area (Å²) in [5, 5.41) is 4.04. The lowest BCUT2D eigenvalue weighted by Crippen LogP contribution is -2.11. The Morgan fingerprint density at radius 1 is 0.625 bits per heavy atom. The molecule has 124 valence electrons. The van der Waals surface area contributed by atoms with E-state index in [0.29, 0.717) is 0 Å². The molecule has 2 heteroatoms. The first-order valence-electron chi connectivity index (χ1n) is 8.18. The Balaban J connectivity index is 0.000000177. The molecule has 0 amide bonds. The van der Waals surface area contributed by atoms with Gasteiger partial charge >= 0.3 is 0 Å². The van der Waals surface area contributed by atoms with Crippen LogP contribution in [0.2, 0.25) is 0 Å². The van der Waals surface area contributed by atoms with Crippen LogP contribution in [0.25, 0.3) is 0 Å². The van der Waals surface area contributed by atoms with E-state index in [4.69, 9.17) is 0 Å². The molecule has 0 bridgehead atoms. The summed E-state index contributed by atoms with van der Waals surface area (Å²) in [5.41, 5.74) is 1.67. The van der Waals surface area contributed by atoms with E-state index in [1.807, 2.05) is 0 Å². The first kappa shape index (κ1) is 18.9. The number of hydrogen-bond acceptors (Lipinski definition) is 0. The summed E-state index contributed by atoms with van der Waals surface area (Å²) in [6.07, 6.45) is 0. The molecule has 1 atom stereocenters. The summed E-state index contributed by atoms with van der Waals surface area (Å²) in [6, 6.07) is 29.8. The molecule has 3 rings (SSSR count). The molecule has 0 spiro atoms. The zero-order valence-corrected chi connectivity index (χ0v) is 16.8. The van der Waals surface area contributed by atoms with Gasteiger partial charge in [0.05, 0.1) is 0 Å². The third-order valence-corrected chi connectivity index (χ3v) is 5.24. The van der Waals surface area contributed by atoms with Crippen molar-refractivity contribution < 1.29 is 0 Å². The molecule has 0 aromatic heterocycles. The standard InChI is InChI=1S/C12H11P.C10H15P/c1-3-7-11(8-4-1)13-12-9-5-2-6-10-12;1-10(2,3)8-4-6-9(11)7-5-8/h1-10,13H;4-7H,11H2,1-3H3. The van der Waals surface area contributed by atoms with Gasteiger partial charge in [0, 0.05) is 0 Å². The molecule has 24 heavy (non-hydrogen) atoms. The van der Waals surface area contributed by atoms with E-state index in [0.717, 1.165) is 8.58 Å². The molecule has 0 heterocycles. The minimum Gasteiger partial charge on any atom is -0.106 e. The van der Waals surface area contributed by atoms with Crippen LogP contribution in [0.5, 0.6) is 0 Å². The highest BCUT2D eigenvalue weighted by molar-refractivity contribution is 7.55. The maximum atomic E-state index is 2.69. The van der Waals surface area contributed by atoms with Crippen molar-refractivity contribution >= 4 is 33.7 Å². The molecule has 0 nitrogen and oxygen atoms in total. The lowest BCUT2D eigenvalue weighted by molar-refractivity contribution is 0.590. The van der Waals surface area contributed by atoms with Gasteiger partial charge in [-0.25, -0.2) is 0 Å². The normalized spacial score (nSPS) is 10.7.